The first-order valence-corrected chi connectivity index (χ1v) is 6.70. The second-order valence-corrected chi connectivity index (χ2v) is 5.78. The van der Waals surface area contributed by atoms with Gasteiger partial charge in [0.25, 0.3) is 5.91 Å². The molecular formula is C12H10N2O2S2. The average Bonchev–Trinajstić information content (AvgIpc) is 2.74. The molecule has 0 unspecified atom stereocenters. The summed E-state index contributed by atoms with van der Waals surface area (Å²) in [6, 6.07) is 11.5. The molecule has 1 heterocycles. The molecule has 0 aliphatic heterocycles. The van der Waals surface area contributed by atoms with Crippen LogP contribution in [0.5, 0.6) is 0 Å². The Labute approximate surface area is 112 Å². The summed E-state index contributed by atoms with van der Waals surface area (Å²) in [4.78, 5) is 22.7. The quantitative estimate of drug-likeness (QED) is 0.826. The van der Waals surface area contributed by atoms with Crippen LogP contribution in [0.1, 0.15) is 10.4 Å². The molecule has 4 nitrogen and oxygen atoms in total. The highest BCUT2D eigenvalue weighted by Crippen LogP contribution is 2.38. The molecule has 0 aliphatic carbocycles. The van der Waals surface area contributed by atoms with Crippen LogP contribution in [0.15, 0.2) is 45.5 Å². The molecule has 0 aliphatic rings. The molecule has 6 heteroatoms. The third-order valence-corrected chi connectivity index (χ3v) is 4.31. The second-order valence-electron chi connectivity index (χ2n) is 3.35. The number of primary amides is 1. The summed E-state index contributed by atoms with van der Waals surface area (Å²) in [5.74, 6) is -0.546. The van der Waals surface area contributed by atoms with Gasteiger partial charge in [-0.1, -0.05) is 30.0 Å². The average molecular weight is 278 g/mol. The van der Waals surface area contributed by atoms with Crippen LogP contribution in [0.3, 0.4) is 0 Å². The molecule has 0 spiro atoms. The van der Waals surface area contributed by atoms with E-state index in [2.05, 4.69) is 5.32 Å². The first-order valence-electron chi connectivity index (χ1n) is 5.07. The van der Waals surface area contributed by atoms with Gasteiger partial charge in [-0.05, 0) is 18.2 Å². The standard InChI is InChI=1S/C12H10N2O2S2/c13-11(16)9-6-10(18-12(9)14-7-15)17-8-4-2-1-3-5-8/h1-7H,(H2,13,16)(H,14,15). The monoisotopic (exact) mass is 278 g/mol. The van der Waals surface area contributed by atoms with Crippen molar-refractivity contribution in [1.82, 2.24) is 0 Å². The minimum atomic E-state index is -0.546. The van der Waals surface area contributed by atoms with E-state index in [4.69, 9.17) is 5.73 Å². The van der Waals surface area contributed by atoms with Crippen molar-refractivity contribution in [2.45, 2.75) is 9.10 Å². The number of amides is 2. The Hall–Kier alpha value is -1.79. The van der Waals surface area contributed by atoms with Gasteiger partial charge in [-0.2, -0.15) is 0 Å². The summed E-state index contributed by atoms with van der Waals surface area (Å²) in [5, 5.41) is 2.97. The minimum absolute atomic E-state index is 0.338. The Kier molecular flexibility index (Phi) is 4.01. The highest BCUT2D eigenvalue weighted by molar-refractivity contribution is 8.01. The first kappa shape index (κ1) is 12.7. The van der Waals surface area contributed by atoms with Gasteiger partial charge in [0.1, 0.15) is 5.00 Å². The summed E-state index contributed by atoms with van der Waals surface area (Å²) >= 11 is 2.85. The van der Waals surface area contributed by atoms with Gasteiger partial charge in [0.15, 0.2) is 0 Å². The number of thiophene rings is 1. The zero-order valence-electron chi connectivity index (χ0n) is 9.25. The fraction of sp³-hybridized carbons (Fsp3) is 0. The van der Waals surface area contributed by atoms with Crippen LogP contribution >= 0.6 is 23.1 Å². The third kappa shape index (κ3) is 2.91. The topological polar surface area (TPSA) is 72.2 Å². The van der Waals surface area contributed by atoms with Gasteiger partial charge in [0.05, 0.1) is 9.77 Å². The van der Waals surface area contributed by atoms with Crippen LogP contribution < -0.4 is 11.1 Å². The molecule has 1 aromatic heterocycles. The third-order valence-electron chi connectivity index (χ3n) is 2.13. The zero-order valence-corrected chi connectivity index (χ0v) is 10.9. The second kappa shape index (κ2) is 5.70. The lowest BCUT2D eigenvalue weighted by atomic mass is 10.3. The van der Waals surface area contributed by atoms with Crippen molar-refractivity contribution in [3.63, 3.8) is 0 Å². The number of anilines is 1. The molecule has 2 aromatic rings. The van der Waals surface area contributed by atoms with E-state index in [1.807, 2.05) is 30.3 Å². The highest BCUT2D eigenvalue weighted by Gasteiger charge is 2.13. The van der Waals surface area contributed by atoms with Gasteiger partial charge in [0, 0.05) is 4.90 Å². The van der Waals surface area contributed by atoms with E-state index < -0.39 is 5.91 Å². The Bertz CT molecular complexity index is 567. The fourth-order valence-corrected chi connectivity index (χ4v) is 3.53. The number of hydrogen-bond acceptors (Lipinski definition) is 4. The summed E-state index contributed by atoms with van der Waals surface area (Å²) < 4.78 is 0.902. The van der Waals surface area contributed by atoms with Gasteiger partial charge in [-0.3, -0.25) is 9.59 Å². The maximum Gasteiger partial charge on any atom is 0.251 e. The van der Waals surface area contributed by atoms with Crippen molar-refractivity contribution in [2.24, 2.45) is 5.73 Å². The summed E-state index contributed by atoms with van der Waals surface area (Å²) in [6.07, 6.45) is 0.537. The van der Waals surface area contributed by atoms with E-state index in [-0.39, 0.29) is 0 Å². The molecule has 2 rings (SSSR count). The Balaban J connectivity index is 2.26. The van der Waals surface area contributed by atoms with Gasteiger partial charge in [-0.15, -0.1) is 11.3 Å². The van der Waals surface area contributed by atoms with Gasteiger partial charge in [-0.25, -0.2) is 0 Å². The lowest BCUT2D eigenvalue weighted by molar-refractivity contribution is -0.105. The normalized spacial score (nSPS) is 10.0. The van der Waals surface area contributed by atoms with E-state index in [1.54, 1.807) is 6.07 Å². The SMILES string of the molecule is NC(=O)c1cc(Sc2ccccc2)sc1NC=O. The highest BCUT2D eigenvalue weighted by atomic mass is 32.2. The van der Waals surface area contributed by atoms with Crippen LogP contribution in [0.4, 0.5) is 5.00 Å². The van der Waals surface area contributed by atoms with Crippen LogP contribution in [0.25, 0.3) is 0 Å². The molecule has 0 atom stereocenters. The lowest BCUT2D eigenvalue weighted by Gasteiger charge is -1.96. The number of nitrogens with one attached hydrogen (secondary N) is 1. The Morgan fingerprint density at radius 1 is 1.33 bits per heavy atom. The van der Waals surface area contributed by atoms with E-state index in [9.17, 15) is 9.59 Å². The molecule has 0 bridgehead atoms. The maximum absolute atomic E-state index is 11.2. The molecule has 2 amide bonds. The minimum Gasteiger partial charge on any atom is -0.366 e. The van der Waals surface area contributed by atoms with Crippen molar-refractivity contribution in [1.29, 1.82) is 0 Å². The van der Waals surface area contributed by atoms with Crippen molar-refractivity contribution in [3.05, 3.63) is 42.0 Å². The molecular weight excluding hydrogens is 268 g/mol. The molecule has 0 radical (unpaired) electrons. The first-order chi connectivity index (χ1) is 8.70. The number of benzene rings is 1. The van der Waals surface area contributed by atoms with E-state index in [0.29, 0.717) is 17.0 Å². The molecule has 1 aromatic carbocycles. The molecule has 0 saturated heterocycles. The predicted octanol–water partition coefficient (Wildman–Crippen LogP) is 2.57. The summed E-state index contributed by atoms with van der Waals surface area (Å²) in [5.41, 5.74) is 5.59. The number of hydrogen-bond donors (Lipinski definition) is 2. The summed E-state index contributed by atoms with van der Waals surface area (Å²) in [6.45, 7) is 0. The van der Waals surface area contributed by atoms with Crippen LogP contribution in [-0.2, 0) is 4.79 Å². The van der Waals surface area contributed by atoms with E-state index in [0.717, 1.165) is 9.10 Å². The number of rotatable bonds is 5. The van der Waals surface area contributed by atoms with Crippen LogP contribution in [0, 0.1) is 0 Å². The van der Waals surface area contributed by atoms with Crippen molar-refractivity contribution in [2.75, 3.05) is 5.32 Å². The largest absolute Gasteiger partial charge is 0.366 e. The summed E-state index contributed by atoms with van der Waals surface area (Å²) in [7, 11) is 0. The number of nitrogens with two attached hydrogens (primary N) is 1. The predicted molar refractivity (Wildman–Crippen MR) is 73.1 cm³/mol. The number of carbonyl (C=O) groups is 2. The van der Waals surface area contributed by atoms with E-state index in [1.165, 1.54) is 23.1 Å². The van der Waals surface area contributed by atoms with Crippen molar-refractivity contribution < 1.29 is 9.59 Å². The van der Waals surface area contributed by atoms with Crippen molar-refractivity contribution in [3.8, 4) is 0 Å². The van der Waals surface area contributed by atoms with Crippen molar-refractivity contribution >= 4 is 40.4 Å². The molecule has 3 N–H and O–H groups in total. The fourth-order valence-electron chi connectivity index (χ4n) is 1.37. The zero-order chi connectivity index (χ0) is 13.0. The lowest BCUT2D eigenvalue weighted by Crippen LogP contribution is -2.11. The number of carbonyl (C=O) groups excluding carboxylic acids is 2. The Morgan fingerprint density at radius 3 is 2.67 bits per heavy atom. The maximum atomic E-state index is 11.2. The smallest absolute Gasteiger partial charge is 0.251 e. The van der Waals surface area contributed by atoms with Gasteiger partial charge in [0.2, 0.25) is 6.41 Å². The Morgan fingerprint density at radius 2 is 2.06 bits per heavy atom. The van der Waals surface area contributed by atoms with E-state index >= 15 is 0 Å². The van der Waals surface area contributed by atoms with Crippen LogP contribution in [-0.4, -0.2) is 12.3 Å². The molecule has 18 heavy (non-hydrogen) atoms. The van der Waals surface area contributed by atoms with Gasteiger partial charge < -0.3 is 11.1 Å². The molecule has 92 valence electrons. The van der Waals surface area contributed by atoms with Crippen LogP contribution in [0.2, 0.25) is 0 Å². The molecule has 0 fully saturated rings. The molecule has 0 saturated carbocycles. The van der Waals surface area contributed by atoms with Gasteiger partial charge >= 0.3 is 0 Å².